The minimum atomic E-state index is -0.749. The summed E-state index contributed by atoms with van der Waals surface area (Å²) in [5, 5.41) is 29.5. The summed E-state index contributed by atoms with van der Waals surface area (Å²) >= 11 is 0. The summed E-state index contributed by atoms with van der Waals surface area (Å²) in [7, 11) is 0. The minimum Gasteiger partial charge on any atom is -0.508 e. The highest BCUT2D eigenvalue weighted by atomic mass is 16.6. The van der Waals surface area contributed by atoms with Gasteiger partial charge >= 0.3 is 0 Å². The first-order valence-corrected chi connectivity index (χ1v) is 19.3. The van der Waals surface area contributed by atoms with Crippen LogP contribution in [-0.4, -0.2) is 41.5 Å². The predicted octanol–water partition coefficient (Wildman–Crippen LogP) is 10.5. The highest BCUT2D eigenvalue weighted by Crippen LogP contribution is 2.51. The van der Waals surface area contributed by atoms with E-state index in [1.807, 2.05) is 73.7 Å². The van der Waals surface area contributed by atoms with Gasteiger partial charge in [-0.1, -0.05) is 70.2 Å². The van der Waals surface area contributed by atoms with Crippen molar-refractivity contribution in [2.24, 2.45) is 22.1 Å². The molecule has 1 fully saturated rings. The summed E-state index contributed by atoms with van der Waals surface area (Å²) in [5.74, 6) is -0.688. The molecule has 5 aromatic rings. The molecule has 0 bridgehead atoms. The summed E-state index contributed by atoms with van der Waals surface area (Å²) in [6, 6.07) is 38.0. The quantitative estimate of drug-likeness (QED) is 0.0456. The molecule has 57 heavy (non-hydrogen) atoms. The molecule has 0 saturated carbocycles. The Balaban J connectivity index is 1.13. The molecule has 5 aromatic carbocycles. The van der Waals surface area contributed by atoms with E-state index < -0.39 is 22.2 Å². The van der Waals surface area contributed by atoms with Crippen molar-refractivity contribution in [1.82, 2.24) is 0 Å². The number of benzene rings is 5. The SMILES string of the molecule is CCN(CCOc1ccc(C(C)(CC)CC(C)(c2ccc(O)cc2)C2C(=O)N(c3ccccc3)C(=O)C2C)cc1)c1ccc(/N=N/c2ccc([N+](=O)[O-])cc2)cc1. The summed E-state index contributed by atoms with van der Waals surface area (Å²) in [5.41, 5.74) is 3.67. The first-order valence-electron chi connectivity index (χ1n) is 19.3. The standard InChI is InChI=1S/C46H49N5O6/c1-6-45(4,31-46(5,34-13-25-40(52)26-14-34)42-32(3)43(53)50(44(42)54)38-11-9-8-10-12-38)33-15-27-41(28-16-33)57-30-29-49(7-2)37-21-17-35(18-22-37)47-48-36-19-23-39(24-20-36)51(55)56/h8-28,32,42,52H,6-7,29-31H2,1-5H3/b48-47+. The molecule has 2 amide bonds. The molecule has 0 spiro atoms. The molecule has 4 atom stereocenters. The van der Waals surface area contributed by atoms with Gasteiger partial charge in [0.2, 0.25) is 11.8 Å². The number of hydrogen-bond donors (Lipinski definition) is 1. The molecule has 1 aliphatic heterocycles. The molecule has 1 saturated heterocycles. The van der Waals surface area contributed by atoms with Crippen LogP contribution in [0.25, 0.3) is 0 Å². The number of nitro benzene ring substituents is 1. The maximum Gasteiger partial charge on any atom is 0.269 e. The summed E-state index contributed by atoms with van der Waals surface area (Å²) in [6.07, 6.45) is 1.37. The molecule has 4 unspecified atom stereocenters. The van der Waals surface area contributed by atoms with E-state index >= 15 is 0 Å². The lowest BCUT2D eigenvalue weighted by molar-refractivity contribution is -0.384. The second kappa shape index (κ2) is 17.2. The lowest BCUT2D eigenvalue weighted by atomic mass is 9.58. The Bertz CT molecular complexity index is 2190. The molecule has 1 aliphatic rings. The van der Waals surface area contributed by atoms with E-state index in [4.69, 9.17) is 4.74 Å². The van der Waals surface area contributed by atoms with Crippen LogP contribution in [0.15, 0.2) is 138 Å². The lowest BCUT2D eigenvalue weighted by Crippen LogP contribution is -2.44. The Labute approximate surface area is 333 Å². The van der Waals surface area contributed by atoms with E-state index in [0.717, 1.165) is 35.5 Å². The zero-order valence-corrected chi connectivity index (χ0v) is 33.0. The van der Waals surface area contributed by atoms with Crippen molar-refractivity contribution >= 4 is 40.3 Å². The Morgan fingerprint density at radius 3 is 1.93 bits per heavy atom. The van der Waals surface area contributed by atoms with E-state index in [0.29, 0.717) is 36.6 Å². The topological polar surface area (TPSA) is 138 Å². The molecule has 1 heterocycles. The Morgan fingerprint density at radius 2 is 1.37 bits per heavy atom. The highest BCUT2D eigenvalue weighted by Gasteiger charge is 2.56. The molecular formula is C46H49N5O6. The zero-order valence-electron chi connectivity index (χ0n) is 33.0. The molecule has 0 radical (unpaired) electrons. The van der Waals surface area contributed by atoms with Gasteiger partial charge in [0.1, 0.15) is 18.1 Å². The van der Waals surface area contributed by atoms with Gasteiger partial charge < -0.3 is 14.7 Å². The van der Waals surface area contributed by atoms with E-state index in [9.17, 15) is 24.8 Å². The largest absolute Gasteiger partial charge is 0.508 e. The number of non-ortho nitro benzene ring substituents is 1. The first-order chi connectivity index (χ1) is 27.4. The molecule has 6 rings (SSSR count). The van der Waals surface area contributed by atoms with Crippen LogP contribution in [-0.2, 0) is 20.4 Å². The van der Waals surface area contributed by atoms with Gasteiger partial charge in [-0.3, -0.25) is 24.6 Å². The molecule has 1 N–H and O–H groups in total. The molecule has 0 aromatic heterocycles. The van der Waals surface area contributed by atoms with Crippen LogP contribution in [0.5, 0.6) is 11.5 Å². The summed E-state index contributed by atoms with van der Waals surface area (Å²) < 4.78 is 6.22. The Morgan fingerprint density at radius 1 is 0.789 bits per heavy atom. The van der Waals surface area contributed by atoms with Crippen LogP contribution in [0.4, 0.5) is 28.4 Å². The number of azo groups is 1. The monoisotopic (exact) mass is 767 g/mol. The molecule has 0 aliphatic carbocycles. The summed E-state index contributed by atoms with van der Waals surface area (Å²) in [6.45, 7) is 12.3. The number of carbonyl (C=O) groups is 2. The maximum absolute atomic E-state index is 14.4. The van der Waals surface area contributed by atoms with Gasteiger partial charge in [-0.05, 0) is 109 Å². The fourth-order valence-corrected chi connectivity index (χ4v) is 8.12. The number of rotatable bonds is 16. The van der Waals surface area contributed by atoms with Crippen LogP contribution in [0.2, 0.25) is 0 Å². The van der Waals surface area contributed by atoms with Gasteiger partial charge in [-0.15, -0.1) is 0 Å². The van der Waals surface area contributed by atoms with Crippen LogP contribution in [0.1, 0.15) is 58.6 Å². The van der Waals surface area contributed by atoms with Crippen LogP contribution in [0, 0.1) is 22.0 Å². The number of hydrogen-bond acceptors (Lipinski definition) is 9. The number of aromatic hydroxyl groups is 1. The number of imide groups is 1. The number of anilines is 2. The number of carbonyl (C=O) groups excluding carboxylic acids is 2. The van der Waals surface area contributed by atoms with Crippen molar-refractivity contribution in [1.29, 1.82) is 0 Å². The van der Waals surface area contributed by atoms with Crippen molar-refractivity contribution in [3.63, 3.8) is 0 Å². The van der Waals surface area contributed by atoms with Gasteiger partial charge in [-0.25, -0.2) is 0 Å². The second-order valence-electron chi connectivity index (χ2n) is 15.1. The number of phenols is 1. The van der Waals surface area contributed by atoms with Crippen molar-refractivity contribution in [3.05, 3.63) is 149 Å². The van der Waals surface area contributed by atoms with Gasteiger partial charge in [0.05, 0.1) is 34.4 Å². The van der Waals surface area contributed by atoms with Crippen molar-refractivity contribution in [3.8, 4) is 11.5 Å². The Hall–Kier alpha value is -6.36. The fourth-order valence-electron chi connectivity index (χ4n) is 8.12. The number of nitrogens with zero attached hydrogens (tertiary/aromatic N) is 5. The van der Waals surface area contributed by atoms with Crippen molar-refractivity contribution < 1.29 is 24.4 Å². The smallest absolute Gasteiger partial charge is 0.269 e. The van der Waals surface area contributed by atoms with Crippen LogP contribution >= 0.6 is 0 Å². The van der Waals surface area contributed by atoms with E-state index in [1.165, 1.54) is 17.0 Å². The number of likely N-dealkylation sites (N-methyl/N-ethyl adjacent to an activating group) is 1. The lowest BCUT2D eigenvalue weighted by Gasteiger charge is -2.44. The van der Waals surface area contributed by atoms with E-state index in [1.54, 1.807) is 36.4 Å². The third kappa shape index (κ3) is 8.72. The second-order valence-corrected chi connectivity index (χ2v) is 15.1. The first kappa shape index (κ1) is 40.3. The normalized spacial score (nSPS) is 17.7. The van der Waals surface area contributed by atoms with Gasteiger partial charge in [0.25, 0.3) is 5.69 Å². The fraction of sp³-hybridized carbons (Fsp3) is 0.304. The third-order valence-electron chi connectivity index (χ3n) is 11.5. The number of amides is 2. The molecule has 11 nitrogen and oxygen atoms in total. The summed E-state index contributed by atoms with van der Waals surface area (Å²) in [4.78, 5) is 42.1. The van der Waals surface area contributed by atoms with E-state index in [-0.39, 0.29) is 28.7 Å². The molecule has 294 valence electrons. The van der Waals surface area contributed by atoms with Crippen LogP contribution in [0.3, 0.4) is 0 Å². The number of ether oxygens (including phenoxy) is 1. The van der Waals surface area contributed by atoms with Gasteiger partial charge in [-0.2, -0.15) is 10.2 Å². The average Bonchev–Trinajstić information content (AvgIpc) is 3.46. The van der Waals surface area contributed by atoms with Gasteiger partial charge in [0.15, 0.2) is 0 Å². The van der Waals surface area contributed by atoms with Crippen molar-refractivity contribution in [2.75, 3.05) is 29.5 Å². The Kier molecular flexibility index (Phi) is 12.2. The number of phenolic OH excluding ortho intramolecular Hbond substituents is 1. The minimum absolute atomic E-state index is 0.00457. The van der Waals surface area contributed by atoms with E-state index in [2.05, 4.69) is 55.0 Å². The molecule has 11 heteroatoms. The zero-order chi connectivity index (χ0) is 40.7. The highest BCUT2D eigenvalue weighted by molar-refractivity contribution is 6.22. The predicted molar refractivity (Wildman–Crippen MR) is 223 cm³/mol. The number of para-hydroxylation sites is 1. The maximum atomic E-state index is 14.4. The molecular weight excluding hydrogens is 719 g/mol. The van der Waals surface area contributed by atoms with Crippen LogP contribution < -0.4 is 14.5 Å². The average molecular weight is 768 g/mol. The third-order valence-corrected chi connectivity index (χ3v) is 11.5. The van der Waals surface area contributed by atoms with Gasteiger partial charge in [0, 0.05) is 35.7 Å². The number of nitro groups is 1. The van der Waals surface area contributed by atoms with Crippen molar-refractivity contribution in [2.45, 2.75) is 58.3 Å².